The van der Waals surface area contributed by atoms with E-state index in [1.807, 2.05) is 49.4 Å². The molecule has 0 saturated heterocycles. The molecule has 2 atom stereocenters. The average molecular weight is 399 g/mol. The number of para-hydroxylation sites is 1. The van der Waals surface area contributed by atoms with E-state index in [1.165, 1.54) is 12.0 Å². The third-order valence-electron chi connectivity index (χ3n) is 5.34. The summed E-state index contributed by atoms with van der Waals surface area (Å²) in [6, 6.07) is 7.42. The molecule has 4 heteroatoms. The largest absolute Gasteiger partial charge is 0.400 e. The van der Waals surface area contributed by atoms with Crippen molar-refractivity contribution in [3.8, 4) is 0 Å². The zero-order chi connectivity index (χ0) is 21.5. The highest BCUT2D eigenvalue weighted by Gasteiger charge is 2.22. The van der Waals surface area contributed by atoms with E-state index in [2.05, 4.69) is 60.8 Å². The summed E-state index contributed by atoms with van der Waals surface area (Å²) in [7, 11) is 0. The summed E-state index contributed by atoms with van der Waals surface area (Å²) in [5.41, 5.74) is 11.4. The fourth-order valence-electron chi connectivity index (χ4n) is 3.53. The van der Waals surface area contributed by atoms with Crippen LogP contribution in [0.2, 0.25) is 0 Å². The molecule has 2 unspecified atom stereocenters. The van der Waals surface area contributed by atoms with Crippen molar-refractivity contribution in [1.29, 1.82) is 0 Å². The number of hydrogen-bond donors (Lipinski definition) is 1. The molecule has 1 aliphatic carbocycles. The van der Waals surface area contributed by atoms with Crippen molar-refractivity contribution in [2.45, 2.75) is 32.7 Å². The van der Waals surface area contributed by atoms with Gasteiger partial charge >= 0.3 is 0 Å². The van der Waals surface area contributed by atoms with Crippen molar-refractivity contribution in [3.05, 3.63) is 108 Å². The van der Waals surface area contributed by atoms with E-state index in [4.69, 9.17) is 5.73 Å². The molecule has 0 spiro atoms. The number of benzene rings is 1. The third-order valence-corrected chi connectivity index (χ3v) is 5.34. The number of fused-ring (bicyclic) bond motifs is 1. The number of rotatable bonds is 8. The molecular weight excluding hydrogens is 368 g/mol. The first kappa shape index (κ1) is 21.3. The lowest BCUT2D eigenvalue weighted by Crippen LogP contribution is -2.20. The van der Waals surface area contributed by atoms with Gasteiger partial charge < -0.3 is 5.73 Å². The Hall–Kier alpha value is -3.40. The molecule has 1 heterocycles. The standard InChI is InChI=1S/C26H30N4/c1-5-7-10-23(18-17-22-15-13-21(6-2)14-16-22)19(3)26(20(4)27)30-25-12-9-8-11-24(25)28-29-30/h5,7-13,15-18,21,26H,3-4,6,14,27H2,1-2H3/b7-5+,18-17-,23-10+. The van der Waals surface area contributed by atoms with Crippen LogP contribution in [0.5, 0.6) is 0 Å². The van der Waals surface area contributed by atoms with Crippen LogP contribution in [-0.4, -0.2) is 15.0 Å². The van der Waals surface area contributed by atoms with E-state index >= 15 is 0 Å². The zero-order valence-corrected chi connectivity index (χ0v) is 17.8. The summed E-state index contributed by atoms with van der Waals surface area (Å²) < 4.78 is 1.79. The highest BCUT2D eigenvalue weighted by molar-refractivity contribution is 5.74. The zero-order valence-electron chi connectivity index (χ0n) is 17.8. The lowest BCUT2D eigenvalue weighted by atomic mass is 9.93. The van der Waals surface area contributed by atoms with Crippen LogP contribution < -0.4 is 5.73 Å². The van der Waals surface area contributed by atoms with Gasteiger partial charge in [0.1, 0.15) is 11.6 Å². The summed E-state index contributed by atoms with van der Waals surface area (Å²) in [5.74, 6) is 0.640. The van der Waals surface area contributed by atoms with E-state index < -0.39 is 0 Å². The van der Waals surface area contributed by atoms with Gasteiger partial charge in [0.15, 0.2) is 0 Å². The molecule has 2 aromatic rings. The number of aromatic nitrogens is 3. The molecular formula is C26H30N4. The van der Waals surface area contributed by atoms with Crippen LogP contribution in [0.4, 0.5) is 0 Å². The minimum atomic E-state index is -0.390. The molecule has 0 fully saturated rings. The summed E-state index contributed by atoms with van der Waals surface area (Å²) >= 11 is 0. The van der Waals surface area contributed by atoms with Gasteiger partial charge in [0.25, 0.3) is 0 Å². The Kier molecular flexibility index (Phi) is 7.02. The van der Waals surface area contributed by atoms with Crippen molar-refractivity contribution in [1.82, 2.24) is 15.0 Å². The molecule has 30 heavy (non-hydrogen) atoms. The maximum atomic E-state index is 6.22. The van der Waals surface area contributed by atoms with E-state index in [9.17, 15) is 0 Å². The Morgan fingerprint density at radius 3 is 2.80 bits per heavy atom. The predicted octanol–water partition coefficient (Wildman–Crippen LogP) is 5.97. The highest BCUT2D eigenvalue weighted by Crippen LogP contribution is 2.30. The molecule has 4 nitrogen and oxygen atoms in total. The smallest absolute Gasteiger partial charge is 0.118 e. The number of allylic oxidation sites excluding steroid dienone is 11. The Labute approximate surface area is 179 Å². The van der Waals surface area contributed by atoms with Gasteiger partial charge in [0, 0.05) is 5.70 Å². The van der Waals surface area contributed by atoms with Gasteiger partial charge in [-0.3, -0.25) is 0 Å². The maximum Gasteiger partial charge on any atom is 0.118 e. The molecule has 0 aliphatic heterocycles. The fraction of sp³-hybridized carbons (Fsp3) is 0.231. The quantitative estimate of drug-likeness (QED) is 0.557. The van der Waals surface area contributed by atoms with E-state index in [-0.39, 0.29) is 6.04 Å². The first-order chi connectivity index (χ1) is 14.5. The third kappa shape index (κ3) is 4.77. The molecule has 1 aromatic heterocycles. The van der Waals surface area contributed by atoms with Gasteiger partial charge in [-0.2, -0.15) is 0 Å². The van der Waals surface area contributed by atoms with Crippen LogP contribution in [0.1, 0.15) is 32.7 Å². The first-order valence-corrected chi connectivity index (χ1v) is 10.4. The number of hydrogen-bond acceptors (Lipinski definition) is 3. The van der Waals surface area contributed by atoms with Crippen LogP contribution in [0, 0.1) is 5.92 Å². The van der Waals surface area contributed by atoms with Crippen molar-refractivity contribution in [2.75, 3.05) is 0 Å². The summed E-state index contributed by atoms with van der Waals surface area (Å²) in [6.45, 7) is 12.6. The predicted molar refractivity (Wildman–Crippen MR) is 127 cm³/mol. The van der Waals surface area contributed by atoms with Gasteiger partial charge in [-0.25, -0.2) is 4.68 Å². The van der Waals surface area contributed by atoms with Crippen LogP contribution >= 0.6 is 0 Å². The Morgan fingerprint density at radius 1 is 1.33 bits per heavy atom. The van der Waals surface area contributed by atoms with Crippen LogP contribution in [-0.2, 0) is 0 Å². The molecule has 0 saturated carbocycles. The van der Waals surface area contributed by atoms with E-state index in [1.54, 1.807) is 4.68 Å². The topological polar surface area (TPSA) is 56.7 Å². The first-order valence-electron chi connectivity index (χ1n) is 10.4. The molecule has 0 bridgehead atoms. The highest BCUT2D eigenvalue weighted by atomic mass is 15.4. The Balaban J connectivity index is 1.93. The summed E-state index contributed by atoms with van der Waals surface area (Å²) in [6.07, 6.45) is 19.2. The summed E-state index contributed by atoms with van der Waals surface area (Å²) in [5, 5.41) is 8.61. The Bertz CT molecular complexity index is 1080. The number of nitrogens with zero attached hydrogens (tertiary/aromatic N) is 3. The van der Waals surface area contributed by atoms with Gasteiger partial charge in [0.05, 0.1) is 5.52 Å². The molecule has 1 aliphatic rings. The van der Waals surface area contributed by atoms with Gasteiger partial charge in [0.2, 0.25) is 0 Å². The fourth-order valence-corrected chi connectivity index (χ4v) is 3.53. The molecule has 1 aromatic carbocycles. The number of nitrogens with two attached hydrogens (primary N) is 1. The van der Waals surface area contributed by atoms with Crippen molar-refractivity contribution in [3.63, 3.8) is 0 Å². The average Bonchev–Trinajstić information content (AvgIpc) is 3.18. The second-order valence-electron chi connectivity index (χ2n) is 7.47. The second kappa shape index (κ2) is 9.88. The van der Waals surface area contributed by atoms with Crippen LogP contribution in [0.15, 0.2) is 108 Å². The summed E-state index contributed by atoms with van der Waals surface area (Å²) in [4.78, 5) is 0. The van der Waals surface area contributed by atoms with Gasteiger partial charge in [-0.05, 0) is 54.5 Å². The van der Waals surface area contributed by atoms with Crippen molar-refractivity contribution in [2.24, 2.45) is 11.7 Å². The van der Waals surface area contributed by atoms with E-state index in [0.29, 0.717) is 11.6 Å². The lowest BCUT2D eigenvalue weighted by Gasteiger charge is -2.21. The molecule has 154 valence electrons. The molecule has 0 amide bonds. The lowest BCUT2D eigenvalue weighted by molar-refractivity contribution is 0.574. The van der Waals surface area contributed by atoms with Gasteiger partial charge in [-0.1, -0.05) is 86.0 Å². The minimum absolute atomic E-state index is 0.390. The molecule has 0 radical (unpaired) electrons. The monoisotopic (exact) mass is 398 g/mol. The maximum absolute atomic E-state index is 6.22. The van der Waals surface area contributed by atoms with Crippen molar-refractivity contribution < 1.29 is 0 Å². The normalized spacial score (nSPS) is 18.3. The Morgan fingerprint density at radius 2 is 2.13 bits per heavy atom. The second-order valence-corrected chi connectivity index (χ2v) is 7.47. The van der Waals surface area contributed by atoms with Gasteiger partial charge in [-0.15, -0.1) is 5.10 Å². The van der Waals surface area contributed by atoms with Crippen molar-refractivity contribution >= 4 is 11.0 Å². The molecule has 3 rings (SSSR count). The SMILES string of the molecule is C=C(N)C(C(=C)C(/C=C\C1=CCC(CC)C=C1)=C/C=C/C)n1nnc2ccccc21. The van der Waals surface area contributed by atoms with E-state index in [0.717, 1.165) is 28.6 Å². The van der Waals surface area contributed by atoms with Crippen LogP contribution in [0.25, 0.3) is 11.0 Å². The minimum Gasteiger partial charge on any atom is -0.400 e. The molecule has 2 N–H and O–H groups in total. The van der Waals surface area contributed by atoms with Crippen LogP contribution in [0.3, 0.4) is 0 Å².